The average molecular weight is 550 g/mol. The Labute approximate surface area is 234 Å². The average Bonchev–Trinajstić information content (AvgIpc) is 2.90. The molecule has 1 N–H and O–H groups in total. The van der Waals surface area contributed by atoms with E-state index in [0.29, 0.717) is 28.4 Å². The highest BCUT2D eigenvalue weighted by Gasteiger charge is 2.39. The highest BCUT2D eigenvalue weighted by molar-refractivity contribution is 5.79. The number of methoxy groups -OCH3 is 1. The van der Waals surface area contributed by atoms with E-state index < -0.39 is 11.4 Å². The zero-order chi connectivity index (χ0) is 28.8. The number of piperidine rings is 1. The lowest BCUT2D eigenvalue weighted by atomic mass is 9.89. The third-order valence-electron chi connectivity index (χ3n) is 7.81. The number of hydrogen-bond acceptors (Lipinski definition) is 7. The van der Waals surface area contributed by atoms with Crippen LogP contribution in [0.1, 0.15) is 52.0 Å². The lowest BCUT2D eigenvalue weighted by Gasteiger charge is -2.45. The van der Waals surface area contributed by atoms with Gasteiger partial charge in [0.25, 0.3) is 0 Å². The van der Waals surface area contributed by atoms with Crippen molar-refractivity contribution in [1.29, 1.82) is 0 Å². The smallest absolute Gasteiger partial charge is 0.227 e. The van der Waals surface area contributed by atoms with Crippen molar-refractivity contribution >= 4 is 17.3 Å². The van der Waals surface area contributed by atoms with E-state index in [0.717, 1.165) is 43.4 Å². The van der Waals surface area contributed by atoms with Crippen LogP contribution in [-0.4, -0.2) is 53.8 Å². The molecule has 1 aromatic heterocycles. The van der Waals surface area contributed by atoms with Crippen molar-refractivity contribution in [3.05, 3.63) is 66.0 Å². The Morgan fingerprint density at radius 2 is 1.85 bits per heavy atom. The normalized spacial score (nSPS) is 17.5. The summed E-state index contributed by atoms with van der Waals surface area (Å²) in [4.78, 5) is 12.9. The fraction of sp³-hybridized carbons (Fsp3) is 0.419. The maximum Gasteiger partial charge on any atom is 0.227 e. The van der Waals surface area contributed by atoms with Crippen LogP contribution in [0.2, 0.25) is 0 Å². The van der Waals surface area contributed by atoms with Gasteiger partial charge in [-0.25, -0.2) is 18.7 Å². The number of nitrogens with one attached hydrogen (secondary N) is 1. The molecule has 0 aliphatic carbocycles. The van der Waals surface area contributed by atoms with Crippen molar-refractivity contribution in [2.24, 2.45) is 0 Å². The van der Waals surface area contributed by atoms with E-state index in [1.165, 1.54) is 6.07 Å². The van der Waals surface area contributed by atoms with E-state index in [9.17, 15) is 0 Å². The fourth-order valence-corrected chi connectivity index (χ4v) is 5.51. The molecule has 0 atom stereocenters. The number of aromatic nitrogens is 2. The Morgan fingerprint density at radius 1 is 1.12 bits per heavy atom. The van der Waals surface area contributed by atoms with E-state index in [-0.39, 0.29) is 29.4 Å². The topological polar surface area (TPSA) is 62.8 Å². The summed E-state index contributed by atoms with van der Waals surface area (Å²) in [6, 6.07) is 8.68. The highest BCUT2D eigenvalue weighted by atomic mass is 19.1. The van der Waals surface area contributed by atoms with Crippen LogP contribution in [0.25, 0.3) is 11.3 Å². The van der Waals surface area contributed by atoms with Gasteiger partial charge in [0.1, 0.15) is 17.1 Å². The summed E-state index contributed by atoms with van der Waals surface area (Å²) in [7, 11) is 3.63. The Bertz CT molecular complexity index is 1430. The van der Waals surface area contributed by atoms with E-state index in [2.05, 4.69) is 52.6 Å². The fourth-order valence-electron chi connectivity index (χ4n) is 5.51. The lowest BCUT2D eigenvalue weighted by Crippen LogP contribution is -2.46. The molecule has 2 aromatic carbocycles. The van der Waals surface area contributed by atoms with Gasteiger partial charge in [-0.05, 0) is 96.4 Å². The number of benzene rings is 2. The molecule has 0 saturated carbocycles. The quantitative estimate of drug-likeness (QED) is 0.360. The molecule has 2 aliphatic rings. The summed E-state index contributed by atoms with van der Waals surface area (Å²) < 4.78 is 42.2. The summed E-state index contributed by atoms with van der Waals surface area (Å²) >= 11 is 0. The SMILES string of the molecule is C=C1N(C(C)C)c2cc(-c3nc(Nc4ccc(C5CCN(C)CC5)c(F)c4)ncc3F)cc(OC)c2OC1(C)C. The van der Waals surface area contributed by atoms with Gasteiger partial charge in [0.2, 0.25) is 5.95 Å². The third-order valence-corrected chi connectivity index (χ3v) is 7.81. The molecule has 0 amide bonds. The van der Waals surface area contributed by atoms with Gasteiger partial charge < -0.3 is 24.6 Å². The van der Waals surface area contributed by atoms with Crippen LogP contribution in [0.15, 0.2) is 48.8 Å². The van der Waals surface area contributed by atoms with Crippen LogP contribution in [-0.2, 0) is 0 Å². The van der Waals surface area contributed by atoms with Gasteiger partial charge in [-0.15, -0.1) is 0 Å². The molecular weight excluding hydrogens is 512 g/mol. The van der Waals surface area contributed by atoms with Gasteiger partial charge in [-0.3, -0.25) is 0 Å². The standard InChI is InChI=1S/C31H37F2N5O2/c1-18(2)38-19(3)31(4,5)40-29-26(38)14-21(15-27(29)39-7)28-25(33)17-34-30(36-28)35-22-8-9-23(24(32)16-22)20-10-12-37(6)13-11-20/h8-9,14-18,20H,3,10-13H2,1-2,4-7H3,(H,34,35,36). The number of rotatable bonds is 6. The summed E-state index contributed by atoms with van der Waals surface area (Å²) in [5, 5.41) is 3.04. The number of anilines is 3. The Balaban J connectivity index is 1.47. The molecule has 9 heteroatoms. The molecule has 7 nitrogen and oxygen atoms in total. The molecule has 40 heavy (non-hydrogen) atoms. The molecule has 0 spiro atoms. The summed E-state index contributed by atoms with van der Waals surface area (Å²) in [6.07, 6.45) is 2.97. The van der Waals surface area contributed by atoms with Crippen LogP contribution in [0.5, 0.6) is 11.5 Å². The molecule has 5 rings (SSSR count). The van der Waals surface area contributed by atoms with Crippen LogP contribution in [0.3, 0.4) is 0 Å². The third kappa shape index (κ3) is 5.22. The first-order valence-electron chi connectivity index (χ1n) is 13.7. The second kappa shape index (κ2) is 10.7. The van der Waals surface area contributed by atoms with Crippen molar-refractivity contribution in [3.63, 3.8) is 0 Å². The predicted molar refractivity (Wildman–Crippen MR) is 155 cm³/mol. The summed E-state index contributed by atoms with van der Waals surface area (Å²) in [5.74, 6) is 0.515. The van der Waals surface area contributed by atoms with Crippen molar-refractivity contribution in [2.75, 3.05) is 37.5 Å². The number of ether oxygens (including phenoxy) is 2. The first-order valence-corrected chi connectivity index (χ1v) is 13.7. The zero-order valence-electron chi connectivity index (χ0n) is 24.0. The van der Waals surface area contributed by atoms with Crippen LogP contribution < -0.4 is 19.7 Å². The number of nitrogens with zero attached hydrogens (tertiary/aromatic N) is 4. The zero-order valence-corrected chi connectivity index (χ0v) is 24.0. The molecule has 0 unspecified atom stereocenters. The molecular formula is C31H37F2N5O2. The van der Waals surface area contributed by atoms with Gasteiger partial charge >= 0.3 is 0 Å². The Hall–Kier alpha value is -3.72. The number of halogens is 2. The molecule has 3 aromatic rings. The molecule has 3 heterocycles. The molecule has 1 saturated heterocycles. The first kappa shape index (κ1) is 27.8. The van der Waals surface area contributed by atoms with Gasteiger partial charge in [-0.1, -0.05) is 12.6 Å². The predicted octanol–water partition coefficient (Wildman–Crippen LogP) is 6.88. The largest absolute Gasteiger partial charge is 0.493 e. The van der Waals surface area contributed by atoms with Gasteiger partial charge in [-0.2, -0.15) is 0 Å². The van der Waals surface area contributed by atoms with Crippen molar-refractivity contribution < 1.29 is 18.3 Å². The monoisotopic (exact) mass is 549 g/mol. The molecule has 212 valence electrons. The number of fused-ring (bicyclic) bond motifs is 1. The Morgan fingerprint density at radius 3 is 2.50 bits per heavy atom. The lowest BCUT2D eigenvalue weighted by molar-refractivity contribution is 0.129. The first-order chi connectivity index (χ1) is 19.0. The van der Waals surface area contributed by atoms with Crippen LogP contribution in [0.4, 0.5) is 26.1 Å². The van der Waals surface area contributed by atoms with Crippen molar-refractivity contribution in [3.8, 4) is 22.8 Å². The minimum atomic E-state index is -0.651. The molecule has 2 aliphatic heterocycles. The molecule has 1 fully saturated rings. The van der Waals surface area contributed by atoms with Gasteiger partial charge in [0.15, 0.2) is 17.3 Å². The summed E-state index contributed by atoms with van der Waals surface area (Å²) in [6.45, 7) is 14.2. The van der Waals surface area contributed by atoms with Crippen LogP contribution in [0, 0.1) is 11.6 Å². The summed E-state index contributed by atoms with van der Waals surface area (Å²) in [5.41, 5.74) is 2.64. The second-order valence-corrected chi connectivity index (χ2v) is 11.4. The van der Waals surface area contributed by atoms with E-state index in [1.54, 1.807) is 13.2 Å². The maximum atomic E-state index is 15.1. The minimum Gasteiger partial charge on any atom is -0.493 e. The maximum absolute atomic E-state index is 15.1. The second-order valence-electron chi connectivity index (χ2n) is 11.4. The molecule has 0 radical (unpaired) electrons. The van der Waals surface area contributed by atoms with E-state index in [1.807, 2.05) is 32.0 Å². The number of likely N-dealkylation sites (tertiary alicyclic amines) is 1. The van der Waals surface area contributed by atoms with Gasteiger partial charge in [0, 0.05) is 17.3 Å². The number of hydrogen-bond donors (Lipinski definition) is 1. The highest BCUT2D eigenvalue weighted by Crippen LogP contribution is 2.50. The molecule has 0 bridgehead atoms. The van der Waals surface area contributed by atoms with E-state index in [4.69, 9.17) is 9.47 Å². The van der Waals surface area contributed by atoms with Crippen LogP contribution >= 0.6 is 0 Å². The van der Waals surface area contributed by atoms with Gasteiger partial charge in [0.05, 0.1) is 24.7 Å². The van der Waals surface area contributed by atoms with Crippen molar-refractivity contribution in [2.45, 2.75) is 58.1 Å². The Kier molecular flexibility index (Phi) is 7.44. The van der Waals surface area contributed by atoms with E-state index >= 15 is 8.78 Å². The van der Waals surface area contributed by atoms with Crippen molar-refractivity contribution in [1.82, 2.24) is 14.9 Å². The minimum absolute atomic E-state index is 0.0641.